The summed E-state index contributed by atoms with van der Waals surface area (Å²) in [6.45, 7) is 7.47. The fourth-order valence-electron chi connectivity index (χ4n) is 4.46. The van der Waals surface area contributed by atoms with Crippen molar-refractivity contribution in [3.63, 3.8) is 0 Å². The summed E-state index contributed by atoms with van der Waals surface area (Å²) in [7, 11) is 1.63. The van der Waals surface area contributed by atoms with Crippen molar-refractivity contribution >= 4 is 23.8 Å². The molecule has 1 aromatic heterocycles. The third kappa shape index (κ3) is 5.02. The summed E-state index contributed by atoms with van der Waals surface area (Å²) in [4.78, 5) is 37.9. The first-order chi connectivity index (χ1) is 17.7. The van der Waals surface area contributed by atoms with Gasteiger partial charge in [0.2, 0.25) is 6.41 Å². The molecule has 0 spiro atoms. The number of hydrogen-bond acceptors (Lipinski definition) is 4. The van der Waals surface area contributed by atoms with E-state index in [1.54, 1.807) is 7.05 Å². The molecule has 2 N–H and O–H groups in total. The quantitative estimate of drug-likeness (QED) is 0.433. The van der Waals surface area contributed by atoms with Crippen LogP contribution in [0.5, 0.6) is 0 Å². The van der Waals surface area contributed by atoms with Gasteiger partial charge in [-0.05, 0) is 78.9 Å². The van der Waals surface area contributed by atoms with Crippen LogP contribution < -0.4 is 21.2 Å². The minimum Gasteiger partial charge on any atom is -0.372 e. The number of hydrogen-bond donors (Lipinski definition) is 1. The Kier molecular flexibility index (Phi) is 7.24. The topological polar surface area (TPSA) is 106 Å². The second kappa shape index (κ2) is 10.5. The zero-order chi connectivity index (χ0) is 26.7. The molecule has 1 aliphatic rings. The normalized spacial score (nSPS) is 12.9. The van der Waals surface area contributed by atoms with Crippen LogP contribution in [0, 0.1) is 20.8 Å². The SMILES string of the molecule is Cc1cccc(N2CCN(c3cc(-c4ccc(-n5cnn(C)c5=O)cc4)cc(C)c3C)C2=O)c1.NC=O. The summed E-state index contributed by atoms with van der Waals surface area (Å²) in [6, 6.07) is 20.1. The number of aromatic nitrogens is 3. The number of carbonyl (C=O) groups is 2. The van der Waals surface area contributed by atoms with Crippen LogP contribution >= 0.6 is 0 Å². The van der Waals surface area contributed by atoms with Crippen molar-refractivity contribution in [3.8, 4) is 16.8 Å². The lowest BCUT2D eigenvalue weighted by atomic mass is 9.98. The van der Waals surface area contributed by atoms with E-state index < -0.39 is 0 Å². The molecule has 0 unspecified atom stereocenters. The molecule has 37 heavy (non-hydrogen) atoms. The summed E-state index contributed by atoms with van der Waals surface area (Å²) in [5, 5.41) is 4.02. The molecule has 2 heterocycles. The largest absolute Gasteiger partial charge is 0.372 e. The number of aryl methyl sites for hydroxylation is 3. The van der Waals surface area contributed by atoms with Crippen LogP contribution in [0.1, 0.15) is 16.7 Å². The number of primary amides is 1. The van der Waals surface area contributed by atoms with E-state index in [9.17, 15) is 9.59 Å². The number of urea groups is 1. The van der Waals surface area contributed by atoms with Crippen LogP contribution in [0.25, 0.3) is 16.8 Å². The Morgan fingerprint density at radius 3 is 2.16 bits per heavy atom. The Hall–Kier alpha value is -4.66. The molecule has 9 nitrogen and oxygen atoms in total. The summed E-state index contributed by atoms with van der Waals surface area (Å²) in [5.74, 6) is 0. The van der Waals surface area contributed by atoms with Crippen LogP contribution in [0.15, 0.2) is 71.8 Å². The fraction of sp³-hybridized carbons (Fsp3) is 0.214. The van der Waals surface area contributed by atoms with E-state index >= 15 is 0 Å². The molecular weight excluding hydrogens is 468 g/mol. The van der Waals surface area contributed by atoms with Crippen LogP contribution in [0.3, 0.4) is 0 Å². The van der Waals surface area contributed by atoms with Gasteiger partial charge in [-0.3, -0.25) is 14.6 Å². The Morgan fingerprint density at radius 2 is 1.54 bits per heavy atom. The number of nitrogens with zero attached hydrogens (tertiary/aromatic N) is 5. The summed E-state index contributed by atoms with van der Waals surface area (Å²) >= 11 is 0. The minimum absolute atomic E-state index is 0.00319. The van der Waals surface area contributed by atoms with Crippen molar-refractivity contribution in [2.45, 2.75) is 20.8 Å². The van der Waals surface area contributed by atoms with Crippen LogP contribution in [-0.2, 0) is 11.8 Å². The molecule has 0 atom stereocenters. The molecule has 3 aromatic carbocycles. The molecule has 1 saturated heterocycles. The molecule has 4 aromatic rings. The summed E-state index contributed by atoms with van der Waals surface area (Å²) < 4.78 is 2.81. The highest BCUT2D eigenvalue weighted by Crippen LogP contribution is 2.34. The summed E-state index contributed by atoms with van der Waals surface area (Å²) in [6.07, 6.45) is 1.77. The van der Waals surface area contributed by atoms with Crippen molar-refractivity contribution < 1.29 is 9.59 Å². The van der Waals surface area contributed by atoms with E-state index in [0.717, 1.165) is 44.9 Å². The molecular formula is C28H30N6O3. The van der Waals surface area contributed by atoms with E-state index in [1.165, 1.54) is 15.6 Å². The highest BCUT2D eigenvalue weighted by molar-refractivity contribution is 6.07. The van der Waals surface area contributed by atoms with Crippen molar-refractivity contribution in [3.05, 3.63) is 94.2 Å². The first-order valence-corrected chi connectivity index (χ1v) is 11.9. The summed E-state index contributed by atoms with van der Waals surface area (Å²) in [5.41, 5.74) is 12.0. The van der Waals surface area contributed by atoms with E-state index in [1.807, 2.05) is 65.3 Å². The second-order valence-corrected chi connectivity index (χ2v) is 8.95. The molecule has 0 bridgehead atoms. The lowest BCUT2D eigenvalue weighted by molar-refractivity contribution is -0.106. The smallest absolute Gasteiger partial charge is 0.350 e. The lowest BCUT2D eigenvalue weighted by Crippen LogP contribution is -2.32. The predicted octanol–water partition coefficient (Wildman–Crippen LogP) is 3.71. The molecule has 0 radical (unpaired) electrons. The Bertz CT molecular complexity index is 1500. The third-order valence-electron chi connectivity index (χ3n) is 6.56. The minimum atomic E-state index is -0.188. The van der Waals surface area contributed by atoms with Gasteiger partial charge in [-0.1, -0.05) is 30.3 Å². The van der Waals surface area contributed by atoms with Gasteiger partial charge < -0.3 is 5.73 Å². The maximum absolute atomic E-state index is 13.4. The van der Waals surface area contributed by atoms with Gasteiger partial charge in [-0.25, -0.2) is 18.8 Å². The molecule has 3 amide bonds. The molecule has 0 aliphatic carbocycles. The zero-order valence-corrected chi connectivity index (χ0v) is 21.4. The monoisotopic (exact) mass is 498 g/mol. The molecule has 0 saturated carbocycles. The maximum atomic E-state index is 13.4. The van der Waals surface area contributed by atoms with E-state index in [0.29, 0.717) is 13.1 Å². The number of amides is 3. The first kappa shape index (κ1) is 25.4. The first-order valence-electron chi connectivity index (χ1n) is 11.9. The molecule has 1 aliphatic heterocycles. The van der Waals surface area contributed by atoms with Crippen molar-refractivity contribution in [2.75, 3.05) is 22.9 Å². The van der Waals surface area contributed by atoms with Gasteiger partial charge in [0.15, 0.2) is 0 Å². The van der Waals surface area contributed by atoms with Crippen molar-refractivity contribution in [1.82, 2.24) is 14.3 Å². The number of nitrogens with two attached hydrogens (primary N) is 1. The van der Waals surface area contributed by atoms with E-state index in [4.69, 9.17) is 4.79 Å². The second-order valence-electron chi connectivity index (χ2n) is 8.95. The van der Waals surface area contributed by atoms with Crippen molar-refractivity contribution in [1.29, 1.82) is 0 Å². The predicted molar refractivity (Wildman–Crippen MR) is 145 cm³/mol. The molecule has 5 rings (SSSR count). The maximum Gasteiger partial charge on any atom is 0.350 e. The zero-order valence-electron chi connectivity index (χ0n) is 21.4. The van der Waals surface area contributed by atoms with E-state index in [-0.39, 0.29) is 18.1 Å². The van der Waals surface area contributed by atoms with Crippen LogP contribution in [0.2, 0.25) is 0 Å². The van der Waals surface area contributed by atoms with Gasteiger partial charge in [0.1, 0.15) is 6.33 Å². The number of rotatable bonds is 4. The number of benzene rings is 3. The molecule has 9 heteroatoms. The Labute approximate surface area is 215 Å². The highest BCUT2D eigenvalue weighted by atomic mass is 16.2. The fourth-order valence-corrected chi connectivity index (χ4v) is 4.46. The highest BCUT2D eigenvalue weighted by Gasteiger charge is 2.32. The van der Waals surface area contributed by atoms with Crippen molar-refractivity contribution in [2.24, 2.45) is 12.8 Å². The van der Waals surface area contributed by atoms with Gasteiger partial charge in [-0.2, -0.15) is 5.10 Å². The number of carbonyl (C=O) groups excluding carboxylic acids is 2. The number of anilines is 2. The average molecular weight is 499 g/mol. The van der Waals surface area contributed by atoms with Crippen LogP contribution in [-0.4, -0.2) is 39.9 Å². The standard InChI is InChI=1S/C27H27N5O2.CH3NO/c1-18-6-5-7-24(14-18)30-12-13-31(27(30)34)25-16-22(15-19(2)20(25)3)21-8-10-23(11-9-21)32-17-28-29(4)26(32)33;2-1-3/h5-11,14-17H,12-13H2,1-4H3;1H,(H2,2,3). The van der Waals surface area contributed by atoms with Gasteiger partial charge >= 0.3 is 11.7 Å². The Morgan fingerprint density at radius 1 is 0.865 bits per heavy atom. The van der Waals surface area contributed by atoms with Gasteiger partial charge in [0.05, 0.1) is 5.69 Å². The van der Waals surface area contributed by atoms with Gasteiger partial charge in [-0.15, -0.1) is 0 Å². The van der Waals surface area contributed by atoms with Gasteiger partial charge in [0, 0.05) is 31.5 Å². The molecule has 190 valence electrons. The van der Waals surface area contributed by atoms with Gasteiger partial charge in [0.25, 0.3) is 0 Å². The van der Waals surface area contributed by atoms with E-state index in [2.05, 4.69) is 36.8 Å². The third-order valence-corrected chi connectivity index (χ3v) is 6.56. The Balaban J connectivity index is 0.00000102. The van der Waals surface area contributed by atoms with Crippen LogP contribution in [0.4, 0.5) is 16.2 Å². The lowest BCUT2D eigenvalue weighted by Gasteiger charge is -2.22. The molecule has 1 fully saturated rings. The average Bonchev–Trinajstić information content (AvgIpc) is 3.43.